The minimum Gasteiger partial charge on any atom is -0.512 e. The fourth-order valence-electron chi connectivity index (χ4n) is 1.01. The molecule has 1 N–H and O–H groups in total. The number of allylic oxidation sites excluding steroid dienone is 1. The standard InChI is InChI=1S/C10H14O4/c1-5-14-10(13)6(2)9(7(3)11)8(4)12/h11H,2,5H2,1,3-4H3/b9-7+. The first-order valence-electron chi connectivity index (χ1n) is 4.19. The maximum Gasteiger partial charge on any atom is 0.338 e. The number of esters is 1. The van der Waals surface area contributed by atoms with Crippen LogP contribution < -0.4 is 0 Å². The monoisotopic (exact) mass is 198 g/mol. The third kappa shape index (κ3) is 3.05. The first-order chi connectivity index (χ1) is 6.41. The van der Waals surface area contributed by atoms with Crippen molar-refractivity contribution in [3.8, 4) is 0 Å². The van der Waals surface area contributed by atoms with Crippen LogP contribution in [-0.2, 0) is 14.3 Å². The molecule has 4 heteroatoms. The Balaban J connectivity index is 4.91. The van der Waals surface area contributed by atoms with Gasteiger partial charge in [0.15, 0.2) is 5.78 Å². The summed E-state index contributed by atoms with van der Waals surface area (Å²) in [6, 6.07) is 0. The molecule has 0 amide bonds. The van der Waals surface area contributed by atoms with Gasteiger partial charge in [0.1, 0.15) is 5.76 Å². The molecule has 0 atom stereocenters. The van der Waals surface area contributed by atoms with Gasteiger partial charge in [-0.1, -0.05) is 6.58 Å². The van der Waals surface area contributed by atoms with E-state index >= 15 is 0 Å². The zero-order valence-corrected chi connectivity index (χ0v) is 8.59. The third-order valence-corrected chi connectivity index (χ3v) is 1.54. The van der Waals surface area contributed by atoms with Gasteiger partial charge >= 0.3 is 5.97 Å². The number of ketones is 1. The Morgan fingerprint density at radius 3 is 2.14 bits per heavy atom. The fraction of sp³-hybridized carbons (Fsp3) is 0.400. The van der Waals surface area contributed by atoms with Crippen LogP contribution in [0.5, 0.6) is 0 Å². The van der Waals surface area contributed by atoms with Gasteiger partial charge in [0.05, 0.1) is 17.8 Å². The molecule has 0 spiro atoms. The average Bonchev–Trinajstić information content (AvgIpc) is 2.03. The molecule has 4 nitrogen and oxygen atoms in total. The smallest absolute Gasteiger partial charge is 0.338 e. The minimum atomic E-state index is -0.689. The molecule has 0 aromatic carbocycles. The van der Waals surface area contributed by atoms with Crippen molar-refractivity contribution >= 4 is 11.8 Å². The second-order valence-corrected chi connectivity index (χ2v) is 2.72. The molecule has 0 saturated heterocycles. The van der Waals surface area contributed by atoms with E-state index in [1.54, 1.807) is 6.92 Å². The van der Waals surface area contributed by atoms with Crippen molar-refractivity contribution in [2.45, 2.75) is 20.8 Å². The van der Waals surface area contributed by atoms with Crippen LogP contribution in [0.4, 0.5) is 0 Å². The molecule has 0 aliphatic heterocycles. The fourth-order valence-corrected chi connectivity index (χ4v) is 1.01. The maximum absolute atomic E-state index is 11.2. The van der Waals surface area contributed by atoms with Crippen molar-refractivity contribution in [1.29, 1.82) is 0 Å². The lowest BCUT2D eigenvalue weighted by Gasteiger charge is -2.07. The molecule has 0 saturated carbocycles. The number of ether oxygens (including phenoxy) is 1. The number of aliphatic hydroxyl groups excluding tert-OH is 1. The Morgan fingerprint density at radius 1 is 1.36 bits per heavy atom. The molecule has 0 unspecified atom stereocenters. The molecular weight excluding hydrogens is 184 g/mol. The number of hydrogen-bond donors (Lipinski definition) is 1. The van der Waals surface area contributed by atoms with E-state index in [9.17, 15) is 9.59 Å². The molecule has 0 aliphatic rings. The first-order valence-corrected chi connectivity index (χ1v) is 4.19. The van der Waals surface area contributed by atoms with E-state index in [4.69, 9.17) is 5.11 Å². The van der Waals surface area contributed by atoms with Gasteiger partial charge in [-0.25, -0.2) is 4.79 Å². The van der Waals surface area contributed by atoms with E-state index in [0.29, 0.717) is 0 Å². The molecule has 0 bridgehead atoms. The second-order valence-electron chi connectivity index (χ2n) is 2.72. The highest BCUT2D eigenvalue weighted by molar-refractivity contribution is 6.08. The van der Waals surface area contributed by atoms with Crippen LogP contribution in [0.15, 0.2) is 23.5 Å². The van der Waals surface area contributed by atoms with Crippen molar-refractivity contribution in [2.24, 2.45) is 0 Å². The van der Waals surface area contributed by atoms with E-state index in [1.165, 1.54) is 13.8 Å². The zero-order chi connectivity index (χ0) is 11.3. The van der Waals surface area contributed by atoms with Gasteiger partial charge < -0.3 is 9.84 Å². The summed E-state index contributed by atoms with van der Waals surface area (Å²) in [5, 5.41) is 9.16. The third-order valence-electron chi connectivity index (χ3n) is 1.54. The molecule has 0 aliphatic carbocycles. The van der Waals surface area contributed by atoms with Gasteiger partial charge in [0, 0.05) is 0 Å². The van der Waals surface area contributed by atoms with Crippen LogP contribution >= 0.6 is 0 Å². The van der Waals surface area contributed by atoms with Gasteiger partial charge in [-0.15, -0.1) is 0 Å². The number of carbonyl (C=O) groups excluding carboxylic acids is 2. The molecule has 0 radical (unpaired) electrons. The van der Waals surface area contributed by atoms with Gasteiger partial charge in [-0.3, -0.25) is 4.79 Å². The van der Waals surface area contributed by atoms with Crippen LogP contribution in [-0.4, -0.2) is 23.5 Å². The molecule has 0 rings (SSSR count). The number of rotatable bonds is 4. The summed E-state index contributed by atoms with van der Waals surface area (Å²) >= 11 is 0. The summed E-state index contributed by atoms with van der Waals surface area (Å²) in [7, 11) is 0. The minimum absolute atomic E-state index is 0.0801. The van der Waals surface area contributed by atoms with Crippen LogP contribution in [0, 0.1) is 0 Å². The molecular formula is C10H14O4. The van der Waals surface area contributed by atoms with Crippen molar-refractivity contribution in [1.82, 2.24) is 0 Å². The molecule has 78 valence electrons. The van der Waals surface area contributed by atoms with E-state index < -0.39 is 11.8 Å². The largest absolute Gasteiger partial charge is 0.512 e. The zero-order valence-electron chi connectivity index (χ0n) is 8.59. The summed E-state index contributed by atoms with van der Waals surface area (Å²) < 4.78 is 4.65. The molecule has 0 aromatic rings. The van der Waals surface area contributed by atoms with E-state index in [-0.39, 0.29) is 23.5 Å². The van der Waals surface area contributed by atoms with Gasteiger partial charge in [-0.2, -0.15) is 0 Å². The van der Waals surface area contributed by atoms with Crippen LogP contribution in [0.3, 0.4) is 0 Å². The van der Waals surface area contributed by atoms with Crippen molar-refractivity contribution < 1.29 is 19.4 Å². The molecule has 0 aromatic heterocycles. The lowest BCUT2D eigenvalue weighted by atomic mass is 10.0. The van der Waals surface area contributed by atoms with Crippen molar-refractivity contribution in [3.63, 3.8) is 0 Å². The van der Waals surface area contributed by atoms with E-state index in [2.05, 4.69) is 11.3 Å². The lowest BCUT2D eigenvalue weighted by Crippen LogP contribution is -2.13. The highest BCUT2D eigenvalue weighted by Crippen LogP contribution is 2.14. The normalized spacial score (nSPS) is 11.6. The number of aliphatic hydroxyl groups is 1. The topological polar surface area (TPSA) is 63.6 Å². The average molecular weight is 198 g/mol. The molecule has 0 fully saturated rings. The van der Waals surface area contributed by atoms with Crippen molar-refractivity contribution in [3.05, 3.63) is 23.5 Å². The Morgan fingerprint density at radius 2 is 1.86 bits per heavy atom. The second kappa shape index (κ2) is 5.21. The molecule has 14 heavy (non-hydrogen) atoms. The first kappa shape index (κ1) is 12.4. The molecule has 0 heterocycles. The summed E-state index contributed by atoms with van der Waals surface area (Å²) in [4.78, 5) is 22.2. The number of carbonyl (C=O) groups is 2. The number of hydrogen-bond acceptors (Lipinski definition) is 4. The number of Topliss-reactive ketones (excluding diaryl/α,β-unsaturated/α-hetero) is 1. The van der Waals surface area contributed by atoms with E-state index in [0.717, 1.165) is 0 Å². The Hall–Kier alpha value is -1.58. The predicted molar refractivity (Wildman–Crippen MR) is 51.8 cm³/mol. The quantitative estimate of drug-likeness (QED) is 0.322. The lowest BCUT2D eigenvalue weighted by molar-refractivity contribution is -0.138. The summed E-state index contributed by atoms with van der Waals surface area (Å²) in [5.74, 6) is -1.33. The van der Waals surface area contributed by atoms with Crippen molar-refractivity contribution in [2.75, 3.05) is 6.61 Å². The van der Waals surface area contributed by atoms with Gasteiger partial charge in [0.2, 0.25) is 0 Å². The maximum atomic E-state index is 11.2. The van der Waals surface area contributed by atoms with E-state index in [1.807, 2.05) is 0 Å². The Kier molecular flexibility index (Phi) is 4.63. The van der Waals surface area contributed by atoms with Crippen LogP contribution in [0.1, 0.15) is 20.8 Å². The Bertz CT molecular complexity index is 295. The van der Waals surface area contributed by atoms with Crippen LogP contribution in [0.2, 0.25) is 0 Å². The predicted octanol–water partition coefficient (Wildman–Crippen LogP) is 1.53. The Labute approximate surface area is 82.9 Å². The SMILES string of the molecule is C=C(C(=O)OCC)/C(C(C)=O)=C(/C)O. The van der Waals surface area contributed by atoms with Gasteiger partial charge in [0.25, 0.3) is 0 Å². The van der Waals surface area contributed by atoms with Crippen LogP contribution in [0.25, 0.3) is 0 Å². The highest BCUT2D eigenvalue weighted by Gasteiger charge is 2.19. The van der Waals surface area contributed by atoms with Gasteiger partial charge in [-0.05, 0) is 20.8 Å². The highest BCUT2D eigenvalue weighted by atomic mass is 16.5. The summed E-state index contributed by atoms with van der Waals surface area (Å²) in [6.07, 6.45) is 0. The summed E-state index contributed by atoms with van der Waals surface area (Å²) in [5.41, 5.74) is -0.192. The summed E-state index contributed by atoms with van der Waals surface area (Å²) in [6.45, 7) is 7.82.